The van der Waals surface area contributed by atoms with Crippen LogP contribution in [-0.2, 0) is 10.0 Å². The van der Waals surface area contributed by atoms with Gasteiger partial charge in [0.15, 0.2) is 0 Å². The van der Waals surface area contributed by atoms with E-state index in [0.717, 1.165) is 0 Å². The lowest BCUT2D eigenvalue weighted by atomic mass is 10.3. The Morgan fingerprint density at radius 3 is 1.62 bits per heavy atom. The van der Waals surface area contributed by atoms with E-state index >= 15 is 0 Å². The van der Waals surface area contributed by atoms with Crippen molar-refractivity contribution in [2.45, 2.75) is 57.1 Å². The highest BCUT2D eigenvalue weighted by Gasteiger charge is 2.71. The summed E-state index contributed by atoms with van der Waals surface area (Å²) >= 11 is 0. The molecule has 0 unspecified atom stereocenters. The van der Waals surface area contributed by atoms with E-state index < -0.39 is 40.7 Å². The lowest BCUT2D eigenvalue weighted by Crippen LogP contribution is -2.56. The number of hydrogen-bond acceptors (Lipinski definition) is 2. The Balaban J connectivity index is 5.53. The van der Waals surface area contributed by atoms with Gasteiger partial charge in [0, 0.05) is 13.1 Å². The predicted molar refractivity (Wildman–Crippen MR) is 66.2 cm³/mol. The third-order valence-corrected chi connectivity index (χ3v) is 4.81. The average molecular weight is 343 g/mol. The number of unbranched alkanes of at least 4 members (excludes halogenated alkanes) is 2. The summed E-state index contributed by atoms with van der Waals surface area (Å²) in [4.78, 5) is 0. The minimum atomic E-state index is -5.94. The summed E-state index contributed by atoms with van der Waals surface area (Å²) in [7, 11) is -5.88. The Morgan fingerprint density at radius 2 is 1.33 bits per heavy atom. The van der Waals surface area contributed by atoms with E-state index in [1.807, 2.05) is 0 Å². The maximum atomic E-state index is 13.5. The van der Waals surface area contributed by atoms with E-state index in [-0.39, 0.29) is 17.1 Å². The maximum absolute atomic E-state index is 13.5. The molecule has 0 aromatic rings. The molecule has 0 bridgehead atoms. The highest BCUT2D eigenvalue weighted by atomic mass is 32.2. The van der Waals surface area contributed by atoms with Crippen LogP contribution in [0, 0.1) is 0 Å². The van der Waals surface area contributed by atoms with Crippen LogP contribution in [0.15, 0.2) is 0 Å². The Morgan fingerprint density at radius 1 is 0.952 bits per heavy atom. The molecule has 0 atom stereocenters. The van der Waals surface area contributed by atoms with Crippen LogP contribution in [0.1, 0.15) is 39.5 Å². The van der Waals surface area contributed by atoms with Gasteiger partial charge in [0.2, 0.25) is 0 Å². The summed E-state index contributed by atoms with van der Waals surface area (Å²) in [5.41, 5.74) is 0. The molecule has 0 aliphatic heterocycles. The fourth-order valence-electron chi connectivity index (χ4n) is 1.48. The van der Waals surface area contributed by atoms with Gasteiger partial charge in [0.1, 0.15) is 0 Å². The molecule has 0 aliphatic rings. The molecule has 0 amide bonds. The normalized spacial score (nSPS) is 14.2. The van der Waals surface area contributed by atoms with Crippen molar-refractivity contribution in [1.82, 2.24) is 4.31 Å². The number of alkyl halides is 6. The third kappa shape index (κ3) is 4.24. The lowest BCUT2D eigenvalue weighted by Gasteiger charge is -2.31. The zero-order valence-corrected chi connectivity index (χ0v) is 12.6. The van der Waals surface area contributed by atoms with Crippen molar-refractivity contribution in [3.8, 4) is 0 Å². The van der Waals surface area contributed by atoms with Gasteiger partial charge in [0.25, 0.3) is 10.0 Å². The van der Waals surface area contributed by atoms with Gasteiger partial charge < -0.3 is 0 Å². The molecule has 0 aliphatic carbocycles. The molecular weight excluding hydrogens is 324 g/mol. The molecule has 0 aromatic heterocycles. The van der Waals surface area contributed by atoms with Gasteiger partial charge in [-0.25, -0.2) is 17.2 Å². The Labute approximate surface area is 120 Å². The molecule has 21 heavy (non-hydrogen) atoms. The number of halogens is 6. The smallest absolute Gasteiger partial charge is 0.206 e. The predicted octanol–water partition coefficient (Wildman–Crippen LogP) is 3.71. The summed E-state index contributed by atoms with van der Waals surface area (Å²) in [6.45, 7) is 2.48. The average Bonchev–Trinajstić information content (AvgIpc) is 2.37. The van der Waals surface area contributed by atoms with Gasteiger partial charge in [0.05, 0.1) is 0 Å². The first-order chi connectivity index (χ1) is 9.46. The quantitative estimate of drug-likeness (QED) is 0.567. The molecule has 10 heteroatoms. The monoisotopic (exact) mass is 343 g/mol. The van der Waals surface area contributed by atoms with Gasteiger partial charge in [-0.3, -0.25) is 0 Å². The first-order valence-electron chi connectivity index (χ1n) is 6.50. The molecule has 0 saturated heterocycles. The molecule has 0 spiro atoms. The van der Waals surface area contributed by atoms with Crippen LogP contribution >= 0.6 is 0 Å². The SMILES string of the molecule is CCCCN(CCCC)S(=O)(=O)C(F)(F)C(F)(F)C(F)F. The molecular formula is C11H19F6NO2S. The molecule has 0 saturated carbocycles. The molecule has 0 aromatic carbocycles. The van der Waals surface area contributed by atoms with Gasteiger partial charge in [-0.15, -0.1) is 0 Å². The fraction of sp³-hybridized carbons (Fsp3) is 1.00. The van der Waals surface area contributed by atoms with E-state index in [9.17, 15) is 34.8 Å². The van der Waals surface area contributed by atoms with Crippen LogP contribution in [0.3, 0.4) is 0 Å². The summed E-state index contributed by atoms with van der Waals surface area (Å²) in [5, 5.41) is -5.85. The Kier molecular flexibility index (Phi) is 7.48. The molecule has 0 rings (SSSR count). The molecule has 0 radical (unpaired) electrons. The standard InChI is InChI=1S/C11H19F6NO2S/c1-3-5-7-18(8-6-4-2)21(19,20)11(16,17)10(14,15)9(12)13/h9H,3-8H2,1-2H3. The van der Waals surface area contributed by atoms with E-state index in [2.05, 4.69) is 0 Å². The van der Waals surface area contributed by atoms with E-state index in [1.54, 1.807) is 13.8 Å². The van der Waals surface area contributed by atoms with Crippen molar-refractivity contribution >= 4 is 10.0 Å². The van der Waals surface area contributed by atoms with Crippen LogP contribution in [0.25, 0.3) is 0 Å². The third-order valence-electron chi connectivity index (χ3n) is 2.85. The molecule has 0 heterocycles. The van der Waals surface area contributed by atoms with Crippen LogP contribution in [0.2, 0.25) is 0 Å². The van der Waals surface area contributed by atoms with Gasteiger partial charge >= 0.3 is 17.6 Å². The van der Waals surface area contributed by atoms with Crippen molar-refractivity contribution in [2.24, 2.45) is 0 Å². The second-order valence-corrected chi connectivity index (χ2v) is 6.53. The van der Waals surface area contributed by atoms with Crippen LogP contribution in [0.4, 0.5) is 26.3 Å². The number of nitrogens with zero attached hydrogens (tertiary/aromatic N) is 1. The highest BCUT2D eigenvalue weighted by Crippen LogP contribution is 2.44. The molecule has 0 fully saturated rings. The first kappa shape index (κ1) is 20.5. The number of hydrogen-bond donors (Lipinski definition) is 0. The molecule has 3 nitrogen and oxygen atoms in total. The zero-order chi connectivity index (χ0) is 16.9. The van der Waals surface area contributed by atoms with E-state index in [4.69, 9.17) is 0 Å². The second kappa shape index (κ2) is 7.66. The summed E-state index contributed by atoms with van der Waals surface area (Å²) < 4.78 is 101. The van der Waals surface area contributed by atoms with Crippen molar-refractivity contribution in [3.05, 3.63) is 0 Å². The van der Waals surface area contributed by atoms with Crippen molar-refractivity contribution in [1.29, 1.82) is 0 Å². The van der Waals surface area contributed by atoms with Crippen molar-refractivity contribution in [2.75, 3.05) is 13.1 Å². The zero-order valence-electron chi connectivity index (χ0n) is 11.8. The van der Waals surface area contributed by atoms with E-state index in [0.29, 0.717) is 12.8 Å². The van der Waals surface area contributed by atoms with Crippen molar-refractivity contribution < 1.29 is 34.8 Å². The minimum Gasteiger partial charge on any atom is -0.206 e. The lowest BCUT2D eigenvalue weighted by molar-refractivity contribution is -0.226. The largest absolute Gasteiger partial charge is 0.426 e. The van der Waals surface area contributed by atoms with Gasteiger partial charge in [-0.1, -0.05) is 26.7 Å². The van der Waals surface area contributed by atoms with Crippen LogP contribution in [-0.4, -0.2) is 43.4 Å². The minimum absolute atomic E-state index is 0.166. The van der Waals surface area contributed by atoms with Crippen LogP contribution < -0.4 is 0 Å². The van der Waals surface area contributed by atoms with Crippen molar-refractivity contribution in [3.63, 3.8) is 0 Å². The second-order valence-electron chi connectivity index (χ2n) is 4.55. The van der Waals surface area contributed by atoms with E-state index in [1.165, 1.54) is 0 Å². The summed E-state index contributed by atoms with van der Waals surface area (Å²) in [6.07, 6.45) is -3.57. The Bertz CT molecular complexity index is 405. The maximum Gasteiger partial charge on any atom is 0.426 e. The first-order valence-corrected chi connectivity index (χ1v) is 7.94. The summed E-state index contributed by atoms with van der Waals surface area (Å²) in [5.74, 6) is -5.94. The fourth-order valence-corrected chi connectivity index (χ4v) is 2.98. The van der Waals surface area contributed by atoms with Gasteiger partial charge in [-0.05, 0) is 12.8 Å². The molecule has 0 N–H and O–H groups in total. The molecule has 128 valence electrons. The highest BCUT2D eigenvalue weighted by molar-refractivity contribution is 7.90. The van der Waals surface area contributed by atoms with Gasteiger partial charge in [-0.2, -0.15) is 21.9 Å². The Hall–Kier alpha value is -0.510. The number of rotatable bonds is 10. The van der Waals surface area contributed by atoms with Crippen LogP contribution in [0.5, 0.6) is 0 Å². The topological polar surface area (TPSA) is 37.4 Å². The summed E-state index contributed by atoms with van der Waals surface area (Å²) in [6, 6.07) is 0. The number of sulfonamides is 1.